The van der Waals surface area contributed by atoms with Gasteiger partial charge >= 0.3 is 0 Å². The van der Waals surface area contributed by atoms with Crippen molar-refractivity contribution >= 4 is 11.8 Å². The van der Waals surface area contributed by atoms with Crippen LogP contribution in [-0.2, 0) is 9.53 Å². The van der Waals surface area contributed by atoms with E-state index in [2.05, 4.69) is 5.32 Å². The van der Waals surface area contributed by atoms with Crippen molar-refractivity contribution in [2.75, 3.05) is 26.2 Å². The van der Waals surface area contributed by atoms with Crippen LogP contribution in [0.1, 0.15) is 28.4 Å². The number of amides is 2. The van der Waals surface area contributed by atoms with Gasteiger partial charge in [0.1, 0.15) is 23.6 Å². The maximum Gasteiger partial charge on any atom is 0.254 e. The molecule has 1 heterocycles. The average Bonchev–Trinajstić information content (AvgIpc) is 2.68. The van der Waals surface area contributed by atoms with Crippen molar-refractivity contribution < 1.29 is 27.5 Å². The number of nitrogens with zero attached hydrogens (tertiary/aromatic N) is 1. The summed E-state index contributed by atoms with van der Waals surface area (Å²) in [6.07, 6.45) is -0.314. The van der Waals surface area contributed by atoms with Gasteiger partial charge in [0.25, 0.3) is 5.91 Å². The van der Waals surface area contributed by atoms with Crippen LogP contribution in [0.2, 0.25) is 0 Å². The molecule has 1 aliphatic heterocycles. The number of hydrogen-bond donors (Lipinski definition) is 1. The SMILES string of the molecule is O=C(NCCC(=O)N1CCOC(c2ccc(F)cc2)C1)c1ccc(F)cc1F. The number of nitrogens with one attached hydrogen (secondary N) is 1. The number of halogens is 3. The molecule has 0 aromatic heterocycles. The molecule has 1 aliphatic rings. The van der Waals surface area contributed by atoms with Gasteiger partial charge in [0.05, 0.1) is 18.7 Å². The second-order valence-electron chi connectivity index (χ2n) is 6.38. The molecule has 1 atom stereocenters. The zero-order valence-electron chi connectivity index (χ0n) is 15.0. The first-order valence-corrected chi connectivity index (χ1v) is 8.82. The Morgan fingerprint density at radius 2 is 1.79 bits per heavy atom. The van der Waals surface area contributed by atoms with Crippen LogP contribution >= 0.6 is 0 Å². The van der Waals surface area contributed by atoms with E-state index in [1.165, 1.54) is 12.1 Å². The summed E-state index contributed by atoms with van der Waals surface area (Å²) in [5.41, 5.74) is 0.496. The summed E-state index contributed by atoms with van der Waals surface area (Å²) in [4.78, 5) is 26.0. The molecule has 148 valence electrons. The molecule has 0 spiro atoms. The van der Waals surface area contributed by atoms with Gasteiger partial charge in [0, 0.05) is 25.6 Å². The number of carbonyl (C=O) groups is 2. The van der Waals surface area contributed by atoms with Gasteiger partial charge in [0.2, 0.25) is 5.91 Å². The molecule has 1 unspecified atom stereocenters. The van der Waals surface area contributed by atoms with Crippen molar-refractivity contribution in [1.29, 1.82) is 0 Å². The van der Waals surface area contributed by atoms with E-state index in [0.29, 0.717) is 25.8 Å². The highest BCUT2D eigenvalue weighted by atomic mass is 19.1. The van der Waals surface area contributed by atoms with Gasteiger partial charge in [-0.1, -0.05) is 12.1 Å². The lowest BCUT2D eigenvalue weighted by Crippen LogP contribution is -2.43. The molecule has 28 heavy (non-hydrogen) atoms. The van der Waals surface area contributed by atoms with Gasteiger partial charge in [-0.15, -0.1) is 0 Å². The third kappa shape index (κ3) is 4.89. The van der Waals surface area contributed by atoms with Crippen LogP contribution in [0, 0.1) is 17.5 Å². The maximum absolute atomic E-state index is 13.6. The van der Waals surface area contributed by atoms with E-state index >= 15 is 0 Å². The Morgan fingerprint density at radius 1 is 1.07 bits per heavy atom. The second kappa shape index (κ2) is 8.88. The number of ether oxygens (including phenoxy) is 1. The van der Waals surface area contributed by atoms with Gasteiger partial charge in [-0.3, -0.25) is 9.59 Å². The fourth-order valence-corrected chi connectivity index (χ4v) is 2.96. The molecule has 1 N–H and O–H groups in total. The highest BCUT2D eigenvalue weighted by Gasteiger charge is 2.25. The van der Waals surface area contributed by atoms with Crippen molar-refractivity contribution in [2.45, 2.75) is 12.5 Å². The minimum atomic E-state index is -0.959. The molecule has 2 aromatic carbocycles. The van der Waals surface area contributed by atoms with Gasteiger partial charge in [-0.2, -0.15) is 0 Å². The topological polar surface area (TPSA) is 58.6 Å². The summed E-state index contributed by atoms with van der Waals surface area (Å²) in [5, 5.41) is 2.46. The van der Waals surface area contributed by atoms with Crippen LogP contribution in [0.4, 0.5) is 13.2 Å². The third-order valence-corrected chi connectivity index (χ3v) is 4.46. The first kappa shape index (κ1) is 19.9. The average molecular weight is 392 g/mol. The summed E-state index contributed by atoms with van der Waals surface area (Å²) in [6, 6.07) is 8.58. The fourth-order valence-electron chi connectivity index (χ4n) is 2.96. The van der Waals surface area contributed by atoms with Crippen LogP contribution in [0.15, 0.2) is 42.5 Å². The molecule has 2 amide bonds. The molecule has 0 radical (unpaired) electrons. The summed E-state index contributed by atoms with van der Waals surface area (Å²) in [6.45, 7) is 1.11. The number of rotatable bonds is 5. The molecular formula is C20H19F3N2O3. The lowest BCUT2D eigenvalue weighted by Gasteiger charge is -2.33. The van der Waals surface area contributed by atoms with E-state index in [4.69, 9.17) is 4.74 Å². The van der Waals surface area contributed by atoms with E-state index in [1.807, 2.05) is 0 Å². The van der Waals surface area contributed by atoms with Gasteiger partial charge in [-0.05, 0) is 29.8 Å². The molecule has 0 bridgehead atoms. The Kier molecular flexibility index (Phi) is 6.30. The summed E-state index contributed by atoms with van der Waals surface area (Å²) < 4.78 is 45.2. The summed E-state index contributed by atoms with van der Waals surface area (Å²) in [7, 11) is 0. The Balaban J connectivity index is 1.50. The van der Waals surface area contributed by atoms with Crippen LogP contribution in [0.25, 0.3) is 0 Å². The maximum atomic E-state index is 13.6. The third-order valence-electron chi connectivity index (χ3n) is 4.46. The Labute approximate surface area is 160 Å². The molecule has 8 heteroatoms. The zero-order valence-corrected chi connectivity index (χ0v) is 15.0. The second-order valence-corrected chi connectivity index (χ2v) is 6.38. The molecule has 0 aliphatic carbocycles. The molecule has 3 rings (SSSR count). The first-order chi connectivity index (χ1) is 13.4. The lowest BCUT2D eigenvalue weighted by molar-refractivity contribution is -0.138. The van der Waals surface area contributed by atoms with Crippen molar-refractivity contribution in [3.8, 4) is 0 Å². The quantitative estimate of drug-likeness (QED) is 0.851. The Bertz CT molecular complexity index is 858. The van der Waals surface area contributed by atoms with E-state index in [-0.39, 0.29) is 36.4 Å². The standard InChI is InChI=1S/C20H19F3N2O3/c21-14-3-1-13(2-4-14)18-12-25(9-10-28-18)19(26)7-8-24-20(27)16-6-5-15(22)11-17(16)23/h1-6,11,18H,7-10,12H2,(H,24,27). The monoisotopic (exact) mass is 392 g/mol. The first-order valence-electron chi connectivity index (χ1n) is 8.82. The molecular weight excluding hydrogens is 373 g/mol. The van der Waals surface area contributed by atoms with Crippen molar-refractivity contribution in [3.63, 3.8) is 0 Å². The fraction of sp³-hybridized carbons (Fsp3) is 0.300. The minimum Gasteiger partial charge on any atom is -0.370 e. The predicted molar refractivity (Wildman–Crippen MR) is 95.0 cm³/mol. The number of morpholine rings is 1. The van der Waals surface area contributed by atoms with Gasteiger partial charge in [-0.25, -0.2) is 13.2 Å². The molecule has 0 saturated carbocycles. The van der Waals surface area contributed by atoms with Gasteiger partial charge < -0.3 is 15.0 Å². The van der Waals surface area contributed by atoms with E-state index in [9.17, 15) is 22.8 Å². The largest absolute Gasteiger partial charge is 0.370 e. The smallest absolute Gasteiger partial charge is 0.254 e. The van der Waals surface area contributed by atoms with Crippen LogP contribution in [-0.4, -0.2) is 43.0 Å². The molecule has 1 saturated heterocycles. The van der Waals surface area contributed by atoms with Crippen LogP contribution in [0.3, 0.4) is 0 Å². The lowest BCUT2D eigenvalue weighted by atomic mass is 10.1. The summed E-state index contributed by atoms with van der Waals surface area (Å²) >= 11 is 0. The summed E-state index contributed by atoms with van der Waals surface area (Å²) in [5.74, 6) is -2.97. The van der Waals surface area contributed by atoms with Crippen LogP contribution < -0.4 is 5.32 Å². The Morgan fingerprint density at radius 3 is 2.50 bits per heavy atom. The normalized spacial score (nSPS) is 16.7. The Hall–Kier alpha value is -2.87. The molecule has 2 aromatic rings. The van der Waals surface area contributed by atoms with E-state index < -0.39 is 17.5 Å². The minimum absolute atomic E-state index is 0.0209. The number of carbonyl (C=O) groups excluding carboxylic acids is 2. The van der Waals surface area contributed by atoms with Crippen molar-refractivity contribution in [3.05, 3.63) is 71.0 Å². The van der Waals surface area contributed by atoms with Crippen molar-refractivity contribution in [2.24, 2.45) is 0 Å². The molecule has 1 fully saturated rings. The molecule has 5 nitrogen and oxygen atoms in total. The van der Waals surface area contributed by atoms with E-state index in [1.54, 1.807) is 17.0 Å². The number of hydrogen-bond acceptors (Lipinski definition) is 3. The highest BCUT2D eigenvalue weighted by Crippen LogP contribution is 2.22. The number of benzene rings is 2. The van der Waals surface area contributed by atoms with Crippen molar-refractivity contribution in [1.82, 2.24) is 10.2 Å². The predicted octanol–water partition coefficient (Wildman–Crippen LogP) is 2.82. The van der Waals surface area contributed by atoms with Gasteiger partial charge in [0.15, 0.2) is 0 Å². The van der Waals surface area contributed by atoms with Crippen LogP contribution in [0.5, 0.6) is 0 Å². The highest BCUT2D eigenvalue weighted by molar-refractivity contribution is 5.94. The zero-order chi connectivity index (χ0) is 20.1. The van der Waals surface area contributed by atoms with E-state index in [0.717, 1.165) is 17.7 Å².